The highest BCUT2D eigenvalue weighted by Gasteiger charge is 2.19. The average molecular weight is 257 g/mol. The van der Waals surface area contributed by atoms with Crippen LogP contribution < -0.4 is 0 Å². The monoisotopic (exact) mass is 257 g/mol. The van der Waals surface area contributed by atoms with Crippen LogP contribution in [0.25, 0.3) is 11.6 Å². The summed E-state index contributed by atoms with van der Waals surface area (Å²) in [5, 5.41) is 0. The lowest BCUT2D eigenvalue weighted by molar-refractivity contribution is 0.223. The predicted molar refractivity (Wildman–Crippen MR) is 73.6 cm³/mol. The van der Waals surface area contributed by atoms with Gasteiger partial charge in [0, 0.05) is 25.8 Å². The largest absolute Gasteiger partial charge is 0.461 e. The van der Waals surface area contributed by atoms with Crippen LogP contribution in [0.15, 0.2) is 29.0 Å². The zero-order chi connectivity index (χ0) is 13.2. The fraction of sp³-hybridized carbons (Fsp3) is 0.467. The fourth-order valence-electron chi connectivity index (χ4n) is 2.55. The first-order valence-corrected chi connectivity index (χ1v) is 6.83. The number of rotatable bonds is 3. The van der Waals surface area contributed by atoms with Gasteiger partial charge in [0.15, 0.2) is 11.6 Å². The summed E-state index contributed by atoms with van der Waals surface area (Å²) in [7, 11) is 0. The van der Waals surface area contributed by atoms with Crippen LogP contribution in [0.3, 0.4) is 0 Å². The molecule has 0 N–H and O–H groups in total. The Balaban J connectivity index is 1.84. The normalized spacial score (nSPS) is 15.7. The molecule has 100 valence electrons. The number of furan rings is 1. The van der Waals surface area contributed by atoms with E-state index in [1.165, 1.54) is 5.56 Å². The third kappa shape index (κ3) is 2.68. The van der Waals surface area contributed by atoms with E-state index in [4.69, 9.17) is 4.42 Å². The van der Waals surface area contributed by atoms with Crippen molar-refractivity contribution in [1.82, 2.24) is 14.9 Å². The molecular weight excluding hydrogens is 238 g/mol. The molecule has 0 radical (unpaired) electrons. The molecule has 0 atom stereocenters. The maximum Gasteiger partial charge on any atom is 0.195 e. The van der Waals surface area contributed by atoms with E-state index in [2.05, 4.69) is 28.7 Å². The van der Waals surface area contributed by atoms with Crippen LogP contribution in [-0.4, -0.2) is 28.0 Å². The number of hydrogen-bond donors (Lipinski definition) is 0. The molecule has 2 aromatic rings. The second-order valence-corrected chi connectivity index (χ2v) is 5.52. The van der Waals surface area contributed by atoms with Crippen LogP contribution in [0.1, 0.15) is 25.1 Å². The number of aromatic nitrogens is 2. The van der Waals surface area contributed by atoms with Gasteiger partial charge in [-0.15, -0.1) is 0 Å². The summed E-state index contributed by atoms with van der Waals surface area (Å²) in [5.41, 5.74) is 2.42. The zero-order valence-electron chi connectivity index (χ0n) is 11.5. The van der Waals surface area contributed by atoms with Gasteiger partial charge in [-0.3, -0.25) is 4.90 Å². The van der Waals surface area contributed by atoms with Crippen LogP contribution in [0.2, 0.25) is 0 Å². The number of hydrogen-bond acceptors (Lipinski definition) is 4. The lowest BCUT2D eigenvalue weighted by Crippen LogP contribution is -2.34. The van der Waals surface area contributed by atoms with Crippen LogP contribution in [0, 0.1) is 5.92 Å². The summed E-state index contributed by atoms with van der Waals surface area (Å²) >= 11 is 0. The van der Waals surface area contributed by atoms with Gasteiger partial charge in [0.25, 0.3) is 0 Å². The second kappa shape index (κ2) is 5.13. The highest BCUT2D eigenvalue weighted by atomic mass is 16.3. The fourth-order valence-corrected chi connectivity index (χ4v) is 2.55. The van der Waals surface area contributed by atoms with Gasteiger partial charge in [-0.25, -0.2) is 9.97 Å². The van der Waals surface area contributed by atoms with E-state index in [1.807, 2.05) is 18.3 Å². The minimum atomic E-state index is 0.688. The molecule has 4 nitrogen and oxygen atoms in total. The van der Waals surface area contributed by atoms with Gasteiger partial charge in [-0.05, 0) is 30.0 Å². The molecule has 3 rings (SSSR count). The summed E-state index contributed by atoms with van der Waals surface area (Å²) in [6.45, 7) is 7.66. The highest BCUT2D eigenvalue weighted by molar-refractivity contribution is 5.46. The highest BCUT2D eigenvalue weighted by Crippen LogP contribution is 2.21. The molecule has 0 aliphatic carbocycles. The van der Waals surface area contributed by atoms with Gasteiger partial charge >= 0.3 is 0 Å². The van der Waals surface area contributed by atoms with E-state index in [0.717, 1.165) is 37.5 Å². The predicted octanol–water partition coefficient (Wildman–Crippen LogP) is 2.75. The Morgan fingerprint density at radius 1 is 1.42 bits per heavy atom. The Labute approximate surface area is 113 Å². The SMILES string of the molecule is CC(C)CN1CCc2cnc(-c3ccco3)nc2C1. The molecule has 0 spiro atoms. The molecule has 3 heterocycles. The van der Waals surface area contributed by atoms with Gasteiger partial charge in [0.1, 0.15) is 0 Å². The van der Waals surface area contributed by atoms with Gasteiger partial charge in [-0.2, -0.15) is 0 Å². The van der Waals surface area contributed by atoms with Crippen molar-refractivity contribution in [2.24, 2.45) is 5.92 Å². The van der Waals surface area contributed by atoms with E-state index >= 15 is 0 Å². The van der Waals surface area contributed by atoms with Crippen molar-refractivity contribution in [2.45, 2.75) is 26.8 Å². The van der Waals surface area contributed by atoms with Gasteiger partial charge in [0.05, 0.1) is 12.0 Å². The first-order valence-electron chi connectivity index (χ1n) is 6.83. The smallest absolute Gasteiger partial charge is 0.195 e. The Bertz CT molecular complexity index is 549. The molecule has 0 unspecified atom stereocenters. The third-order valence-electron chi connectivity index (χ3n) is 3.39. The van der Waals surface area contributed by atoms with Crippen LogP contribution >= 0.6 is 0 Å². The van der Waals surface area contributed by atoms with Gasteiger partial charge in [0.2, 0.25) is 0 Å². The molecule has 1 aliphatic heterocycles. The molecule has 0 bridgehead atoms. The minimum absolute atomic E-state index is 0.688. The molecule has 0 amide bonds. The van der Waals surface area contributed by atoms with Crippen molar-refractivity contribution in [3.63, 3.8) is 0 Å². The first-order chi connectivity index (χ1) is 9.22. The molecule has 0 fully saturated rings. The van der Waals surface area contributed by atoms with E-state index in [0.29, 0.717) is 11.7 Å². The summed E-state index contributed by atoms with van der Waals surface area (Å²) < 4.78 is 5.36. The number of fused-ring (bicyclic) bond motifs is 1. The maximum atomic E-state index is 5.36. The van der Waals surface area contributed by atoms with E-state index in [-0.39, 0.29) is 0 Å². The molecule has 2 aromatic heterocycles. The first kappa shape index (κ1) is 12.4. The van der Waals surface area contributed by atoms with E-state index < -0.39 is 0 Å². The summed E-state index contributed by atoms with van der Waals surface area (Å²) in [4.78, 5) is 11.5. The molecular formula is C15H19N3O. The topological polar surface area (TPSA) is 42.2 Å². The number of nitrogens with zero attached hydrogens (tertiary/aromatic N) is 3. The Morgan fingerprint density at radius 2 is 2.32 bits per heavy atom. The quantitative estimate of drug-likeness (QED) is 0.848. The lowest BCUT2D eigenvalue weighted by atomic mass is 10.1. The summed E-state index contributed by atoms with van der Waals surface area (Å²) in [6.07, 6.45) is 4.65. The minimum Gasteiger partial charge on any atom is -0.461 e. The van der Waals surface area contributed by atoms with Gasteiger partial charge in [-0.1, -0.05) is 13.8 Å². The third-order valence-corrected chi connectivity index (χ3v) is 3.39. The van der Waals surface area contributed by atoms with E-state index in [1.54, 1.807) is 6.26 Å². The summed E-state index contributed by atoms with van der Waals surface area (Å²) in [5.74, 6) is 2.12. The molecule has 0 aromatic carbocycles. The molecule has 4 heteroatoms. The molecule has 19 heavy (non-hydrogen) atoms. The molecule has 0 saturated heterocycles. The summed E-state index contributed by atoms with van der Waals surface area (Å²) in [6, 6.07) is 3.76. The van der Waals surface area contributed by atoms with E-state index in [9.17, 15) is 0 Å². The van der Waals surface area contributed by atoms with Crippen molar-refractivity contribution in [3.8, 4) is 11.6 Å². The van der Waals surface area contributed by atoms with Crippen molar-refractivity contribution in [1.29, 1.82) is 0 Å². The second-order valence-electron chi connectivity index (χ2n) is 5.52. The Kier molecular flexibility index (Phi) is 3.34. The van der Waals surface area contributed by atoms with Crippen LogP contribution in [0.4, 0.5) is 0 Å². The average Bonchev–Trinajstić information content (AvgIpc) is 2.91. The Morgan fingerprint density at radius 3 is 3.05 bits per heavy atom. The van der Waals surface area contributed by atoms with Crippen molar-refractivity contribution in [2.75, 3.05) is 13.1 Å². The lowest BCUT2D eigenvalue weighted by Gasteiger charge is -2.29. The standard InChI is InChI=1S/C15H19N3O/c1-11(2)9-18-6-5-12-8-16-15(17-13(12)10-18)14-4-3-7-19-14/h3-4,7-8,11H,5-6,9-10H2,1-2H3. The maximum absolute atomic E-state index is 5.36. The van der Waals surface area contributed by atoms with Gasteiger partial charge < -0.3 is 4.42 Å². The zero-order valence-corrected chi connectivity index (χ0v) is 11.5. The molecule has 0 saturated carbocycles. The van der Waals surface area contributed by atoms with Crippen LogP contribution in [-0.2, 0) is 13.0 Å². The van der Waals surface area contributed by atoms with Crippen molar-refractivity contribution < 1.29 is 4.42 Å². The van der Waals surface area contributed by atoms with Crippen molar-refractivity contribution in [3.05, 3.63) is 35.9 Å². The van der Waals surface area contributed by atoms with Crippen LogP contribution in [0.5, 0.6) is 0 Å². The van der Waals surface area contributed by atoms with Crippen molar-refractivity contribution >= 4 is 0 Å². The molecule has 1 aliphatic rings. The Hall–Kier alpha value is -1.68.